The molecule has 0 spiro atoms. The van der Waals surface area contributed by atoms with Crippen molar-refractivity contribution < 1.29 is 9.53 Å². The van der Waals surface area contributed by atoms with Crippen molar-refractivity contribution in [1.82, 2.24) is 4.90 Å². The van der Waals surface area contributed by atoms with Crippen LogP contribution in [-0.2, 0) is 4.74 Å². The molecule has 0 bridgehead atoms. The number of fused-ring (bicyclic) bond motifs is 4. The Labute approximate surface area is 182 Å². The maximum absolute atomic E-state index is 13.4. The summed E-state index contributed by atoms with van der Waals surface area (Å²) in [6.45, 7) is 2.54. The molecule has 1 amide bonds. The second kappa shape index (κ2) is 7.54. The van der Waals surface area contributed by atoms with Gasteiger partial charge in [0.2, 0.25) is 0 Å². The molecule has 2 aliphatic heterocycles. The number of morpholine rings is 1. The number of carbonyl (C=O) groups excluding carboxylic acids is 1. The molecule has 1 saturated heterocycles. The average Bonchev–Trinajstić information content (AvgIpc) is 3.33. The number of nitrogens with zero attached hydrogens (tertiary/aromatic N) is 1. The Bertz CT molecular complexity index is 1180. The Morgan fingerprint density at radius 3 is 2.68 bits per heavy atom. The molecule has 3 unspecified atom stereocenters. The molecule has 0 radical (unpaired) electrons. The Morgan fingerprint density at radius 1 is 0.968 bits per heavy atom. The molecule has 31 heavy (non-hydrogen) atoms. The van der Waals surface area contributed by atoms with Crippen molar-refractivity contribution in [2.45, 2.75) is 18.4 Å². The van der Waals surface area contributed by atoms with Crippen molar-refractivity contribution in [1.29, 1.82) is 0 Å². The molecule has 1 aliphatic carbocycles. The topological polar surface area (TPSA) is 41.6 Å². The molecule has 0 saturated carbocycles. The Balaban J connectivity index is 1.42. The fourth-order valence-electron chi connectivity index (χ4n) is 5.47. The van der Waals surface area contributed by atoms with E-state index in [-0.39, 0.29) is 11.9 Å². The predicted octanol–water partition coefficient (Wildman–Crippen LogP) is 5.14. The highest BCUT2D eigenvalue weighted by Crippen LogP contribution is 2.51. The number of hydrogen-bond donors (Lipinski definition) is 1. The van der Waals surface area contributed by atoms with Crippen LogP contribution in [0.1, 0.15) is 39.9 Å². The number of hydrogen-bond acceptors (Lipinski definition) is 3. The third kappa shape index (κ3) is 3.14. The van der Waals surface area contributed by atoms with Crippen LogP contribution in [0.5, 0.6) is 0 Å². The second-order valence-corrected chi connectivity index (χ2v) is 8.76. The van der Waals surface area contributed by atoms with Crippen molar-refractivity contribution in [2.24, 2.45) is 5.92 Å². The lowest BCUT2D eigenvalue weighted by molar-refractivity contribution is 0.0303. The van der Waals surface area contributed by atoms with Gasteiger partial charge in [-0.25, -0.2) is 0 Å². The first-order chi connectivity index (χ1) is 15.3. The molecule has 2 heterocycles. The molecule has 3 aliphatic rings. The maximum atomic E-state index is 13.4. The lowest BCUT2D eigenvalue weighted by Crippen LogP contribution is -2.41. The highest BCUT2D eigenvalue weighted by Gasteiger charge is 2.39. The Kier molecular flexibility index (Phi) is 4.53. The minimum Gasteiger partial charge on any atom is -0.378 e. The first kappa shape index (κ1) is 18.6. The number of nitrogens with one attached hydrogen (secondary N) is 1. The van der Waals surface area contributed by atoms with Crippen LogP contribution < -0.4 is 5.32 Å². The summed E-state index contributed by atoms with van der Waals surface area (Å²) in [6.07, 6.45) is 5.69. The summed E-state index contributed by atoms with van der Waals surface area (Å²) in [7, 11) is 0. The van der Waals surface area contributed by atoms with E-state index in [9.17, 15) is 4.79 Å². The number of carbonyl (C=O) groups is 1. The number of benzene rings is 3. The van der Waals surface area contributed by atoms with E-state index >= 15 is 0 Å². The SMILES string of the molecule is O=C(c1cccc2c1NC(c1ccc3ccccc3c1)C1CC=CC21)N1CCOCC1. The van der Waals surface area contributed by atoms with Gasteiger partial charge in [0.15, 0.2) is 0 Å². The summed E-state index contributed by atoms with van der Waals surface area (Å²) in [5, 5.41) is 6.33. The molecule has 3 aromatic carbocycles. The molecule has 3 atom stereocenters. The van der Waals surface area contributed by atoms with E-state index in [4.69, 9.17) is 4.74 Å². The van der Waals surface area contributed by atoms with Crippen molar-refractivity contribution in [3.05, 3.63) is 89.5 Å². The largest absolute Gasteiger partial charge is 0.378 e. The van der Waals surface area contributed by atoms with Crippen LogP contribution in [0.15, 0.2) is 72.8 Å². The molecule has 0 aromatic heterocycles. The summed E-state index contributed by atoms with van der Waals surface area (Å²) >= 11 is 0. The number of para-hydroxylation sites is 1. The number of allylic oxidation sites excluding steroid dienone is 2. The number of amides is 1. The fraction of sp³-hybridized carbons (Fsp3) is 0.296. The zero-order valence-electron chi connectivity index (χ0n) is 17.5. The van der Waals surface area contributed by atoms with E-state index < -0.39 is 0 Å². The van der Waals surface area contributed by atoms with Crippen LogP contribution >= 0.6 is 0 Å². The van der Waals surface area contributed by atoms with E-state index in [1.807, 2.05) is 17.0 Å². The number of ether oxygens (including phenoxy) is 1. The van der Waals surface area contributed by atoms with Crippen molar-refractivity contribution in [2.75, 3.05) is 31.6 Å². The van der Waals surface area contributed by atoms with Gasteiger partial charge in [-0.05, 0) is 46.4 Å². The molecule has 4 heteroatoms. The van der Waals surface area contributed by atoms with E-state index in [2.05, 4.69) is 66.0 Å². The van der Waals surface area contributed by atoms with Crippen molar-refractivity contribution >= 4 is 22.4 Å². The summed E-state index contributed by atoms with van der Waals surface area (Å²) in [6, 6.07) is 21.6. The van der Waals surface area contributed by atoms with Crippen LogP contribution in [0, 0.1) is 5.92 Å². The Morgan fingerprint density at radius 2 is 1.81 bits per heavy atom. The van der Waals surface area contributed by atoms with Gasteiger partial charge in [-0.15, -0.1) is 0 Å². The zero-order chi connectivity index (χ0) is 20.8. The van der Waals surface area contributed by atoms with Gasteiger partial charge in [-0.2, -0.15) is 0 Å². The predicted molar refractivity (Wildman–Crippen MR) is 123 cm³/mol. The molecular weight excluding hydrogens is 384 g/mol. The molecule has 3 aromatic rings. The number of anilines is 1. The third-order valence-electron chi connectivity index (χ3n) is 7.06. The minimum absolute atomic E-state index is 0.102. The number of rotatable bonds is 2. The van der Waals surface area contributed by atoms with Gasteiger partial charge in [0.05, 0.1) is 30.5 Å². The second-order valence-electron chi connectivity index (χ2n) is 8.76. The van der Waals surface area contributed by atoms with E-state index in [1.165, 1.54) is 21.9 Å². The van der Waals surface area contributed by atoms with E-state index in [1.54, 1.807) is 0 Å². The fourth-order valence-corrected chi connectivity index (χ4v) is 5.47. The summed E-state index contributed by atoms with van der Waals surface area (Å²) in [4.78, 5) is 15.3. The van der Waals surface area contributed by atoms with Crippen LogP contribution in [0.2, 0.25) is 0 Å². The van der Waals surface area contributed by atoms with Gasteiger partial charge >= 0.3 is 0 Å². The van der Waals surface area contributed by atoms with Gasteiger partial charge in [-0.1, -0.05) is 60.7 Å². The van der Waals surface area contributed by atoms with Gasteiger partial charge < -0.3 is 15.0 Å². The lowest BCUT2D eigenvalue weighted by Gasteiger charge is -2.39. The highest BCUT2D eigenvalue weighted by atomic mass is 16.5. The van der Waals surface area contributed by atoms with Crippen LogP contribution in [0.4, 0.5) is 5.69 Å². The molecule has 4 nitrogen and oxygen atoms in total. The van der Waals surface area contributed by atoms with Crippen LogP contribution in [0.3, 0.4) is 0 Å². The lowest BCUT2D eigenvalue weighted by atomic mass is 9.76. The molecular formula is C27H26N2O2. The van der Waals surface area contributed by atoms with Gasteiger partial charge in [0.25, 0.3) is 5.91 Å². The van der Waals surface area contributed by atoms with Crippen LogP contribution in [0.25, 0.3) is 10.8 Å². The molecule has 6 rings (SSSR count). The van der Waals surface area contributed by atoms with Gasteiger partial charge in [0, 0.05) is 19.0 Å². The first-order valence-electron chi connectivity index (χ1n) is 11.2. The Hall–Kier alpha value is -3.11. The zero-order valence-corrected chi connectivity index (χ0v) is 17.5. The third-order valence-corrected chi connectivity index (χ3v) is 7.06. The van der Waals surface area contributed by atoms with Crippen LogP contribution in [-0.4, -0.2) is 37.1 Å². The smallest absolute Gasteiger partial charge is 0.256 e. The highest BCUT2D eigenvalue weighted by molar-refractivity contribution is 6.01. The molecule has 156 valence electrons. The standard InChI is InChI=1S/C27H26N2O2/c30-27(29-13-15-31-16-14-29)24-10-4-9-23-21-7-3-8-22(21)25(28-26(23)24)20-12-11-18-5-1-2-6-19(18)17-20/h1-7,9-12,17,21-22,25,28H,8,13-16H2. The normalized spacial score (nSPS) is 24.5. The first-order valence-corrected chi connectivity index (χ1v) is 11.2. The van der Waals surface area contributed by atoms with Gasteiger partial charge in [-0.3, -0.25) is 4.79 Å². The van der Waals surface area contributed by atoms with E-state index in [0.717, 1.165) is 17.7 Å². The molecule has 1 N–H and O–H groups in total. The summed E-state index contributed by atoms with van der Waals surface area (Å²) in [5.41, 5.74) is 4.32. The monoisotopic (exact) mass is 410 g/mol. The van der Waals surface area contributed by atoms with Crippen molar-refractivity contribution in [3.63, 3.8) is 0 Å². The minimum atomic E-state index is 0.102. The maximum Gasteiger partial charge on any atom is 0.256 e. The average molecular weight is 411 g/mol. The summed E-state index contributed by atoms with van der Waals surface area (Å²) < 4.78 is 5.45. The van der Waals surface area contributed by atoms with Crippen molar-refractivity contribution in [3.8, 4) is 0 Å². The van der Waals surface area contributed by atoms with E-state index in [0.29, 0.717) is 38.1 Å². The summed E-state index contributed by atoms with van der Waals surface area (Å²) in [5.74, 6) is 0.901. The quantitative estimate of drug-likeness (QED) is 0.595. The molecule has 1 fully saturated rings. The van der Waals surface area contributed by atoms with Gasteiger partial charge in [0.1, 0.15) is 0 Å².